The van der Waals surface area contributed by atoms with Crippen LogP contribution in [0.25, 0.3) is 0 Å². The van der Waals surface area contributed by atoms with Gasteiger partial charge < -0.3 is 14.4 Å². The molecule has 0 spiro atoms. The van der Waals surface area contributed by atoms with Gasteiger partial charge in [-0.2, -0.15) is 0 Å². The van der Waals surface area contributed by atoms with Crippen LogP contribution in [-0.4, -0.2) is 38.1 Å². The minimum absolute atomic E-state index is 0.972. The quantitative estimate of drug-likeness (QED) is 0.495. The Labute approximate surface area is 101 Å². The fraction of sp³-hybridized carbons (Fsp3) is 0.923. The molecule has 0 aromatic heterocycles. The number of nitrogens with zero attached hydrogens (tertiary/aromatic N) is 1. The zero-order valence-corrected chi connectivity index (χ0v) is 11.7. The fourth-order valence-corrected chi connectivity index (χ4v) is 1.37. The number of quaternary nitrogens is 1. The highest BCUT2D eigenvalue weighted by Gasteiger charge is 2.04. The lowest BCUT2D eigenvalue weighted by molar-refractivity contribution is -0.870. The minimum Gasteiger partial charge on any atom is -0.550 e. The summed E-state index contributed by atoms with van der Waals surface area (Å²) in [5, 5.41) is 8.89. The Kier molecular flexibility index (Phi) is 12.2. The Morgan fingerprint density at radius 2 is 1.38 bits per heavy atom. The van der Waals surface area contributed by atoms with E-state index in [0.717, 1.165) is 11.4 Å². The molecule has 0 saturated carbocycles. The van der Waals surface area contributed by atoms with Crippen molar-refractivity contribution in [2.24, 2.45) is 0 Å². The van der Waals surface area contributed by atoms with Crippen molar-refractivity contribution in [1.29, 1.82) is 0 Å². The van der Waals surface area contributed by atoms with Crippen LogP contribution in [0.3, 0.4) is 0 Å². The summed E-state index contributed by atoms with van der Waals surface area (Å²) in [6.45, 7) is 4.57. The lowest BCUT2D eigenvalue weighted by atomic mass is 10.1. The Morgan fingerprint density at radius 1 is 1.00 bits per heavy atom. The average molecular weight is 231 g/mol. The molecule has 0 atom stereocenters. The highest BCUT2D eigenvalue weighted by molar-refractivity contribution is 5.60. The van der Waals surface area contributed by atoms with Crippen molar-refractivity contribution < 1.29 is 14.4 Å². The van der Waals surface area contributed by atoms with Gasteiger partial charge in [0.1, 0.15) is 0 Å². The number of rotatable bonds is 7. The molecule has 0 rings (SSSR count). The molecular formula is C13H29NO2. The third-order valence-electron chi connectivity index (χ3n) is 2.18. The van der Waals surface area contributed by atoms with E-state index in [1.54, 1.807) is 0 Å². The molecule has 0 aliphatic heterocycles. The van der Waals surface area contributed by atoms with E-state index in [1.807, 2.05) is 0 Å². The van der Waals surface area contributed by atoms with E-state index in [-0.39, 0.29) is 0 Å². The lowest BCUT2D eigenvalue weighted by Gasteiger charge is -2.23. The van der Waals surface area contributed by atoms with Gasteiger partial charge in [-0.3, -0.25) is 0 Å². The van der Waals surface area contributed by atoms with Crippen molar-refractivity contribution in [2.45, 2.75) is 52.4 Å². The van der Waals surface area contributed by atoms with E-state index in [2.05, 4.69) is 28.1 Å². The molecule has 0 aliphatic rings. The largest absolute Gasteiger partial charge is 0.550 e. The second-order valence-electron chi connectivity index (χ2n) is 5.27. The smallest absolute Gasteiger partial charge is 0.0780 e. The fourth-order valence-electron chi connectivity index (χ4n) is 1.37. The van der Waals surface area contributed by atoms with Gasteiger partial charge in [0.25, 0.3) is 0 Å². The molecule has 0 bridgehead atoms. The SMILES string of the molecule is CC(=O)[O-].CCCCCCCC[N+](C)(C)C. The first kappa shape index (κ1) is 17.8. The van der Waals surface area contributed by atoms with Gasteiger partial charge >= 0.3 is 0 Å². The van der Waals surface area contributed by atoms with Crippen LogP contribution in [0.15, 0.2) is 0 Å². The second kappa shape index (κ2) is 10.9. The van der Waals surface area contributed by atoms with E-state index < -0.39 is 5.97 Å². The molecule has 0 N–H and O–H groups in total. The highest BCUT2D eigenvalue weighted by Crippen LogP contribution is 2.06. The van der Waals surface area contributed by atoms with Gasteiger partial charge in [-0.15, -0.1) is 0 Å². The molecule has 0 fully saturated rings. The number of unbranched alkanes of at least 4 members (excludes halogenated alkanes) is 5. The van der Waals surface area contributed by atoms with E-state index >= 15 is 0 Å². The monoisotopic (exact) mass is 231 g/mol. The van der Waals surface area contributed by atoms with Crippen LogP contribution in [0.5, 0.6) is 0 Å². The molecule has 0 aliphatic carbocycles. The molecule has 98 valence electrons. The summed E-state index contributed by atoms with van der Waals surface area (Å²) in [5.41, 5.74) is 0. The lowest BCUT2D eigenvalue weighted by Crippen LogP contribution is -2.35. The van der Waals surface area contributed by atoms with Gasteiger partial charge in [-0.25, -0.2) is 0 Å². The minimum atomic E-state index is -1.08. The zero-order valence-electron chi connectivity index (χ0n) is 11.7. The first-order valence-corrected chi connectivity index (χ1v) is 6.27. The van der Waals surface area contributed by atoms with Crippen molar-refractivity contribution in [3.8, 4) is 0 Å². The normalized spacial score (nSPS) is 10.6. The third-order valence-corrected chi connectivity index (χ3v) is 2.18. The topological polar surface area (TPSA) is 40.1 Å². The summed E-state index contributed by atoms with van der Waals surface area (Å²) in [5.74, 6) is -1.08. The number of carbonyl (C=O) groups excluding carboxylic acids is 1. The van der Waals surface area contributed by atoms with E-state index in [9.17, 15) is 0 Å². The van der Waals surface area contributed by atoms with Crippen LogP contribution >= 0.6 is 0 Å². The molecule has 0 unspecified atom stereocenters. The number of carboxylic acids is 1. The number of carbonyl (C=O) groups is 1. The summed E-state index contributed by atoms with van der Waals surface area (Å²) < 4.78 is 1.12. The number of hydrogen-bond donors (Lipinski definition) is 0. The van der Waals surface area contributed by atoms with Crippen LogP contribution in [-0.2, 0) is 4.79 Å². The van der Waals surface area contributed by atoms with Crippen LogP contribution < -0.4 is 5.11 Å². The van der Waals surface area contributed by atoms with Crippen LogP contribution in [0.1, 0.15) is 52.4 Å². The Balaban J connectivity index is 0. The van der Waals surface area contributed by atoms with E-state index in [0.29, 0.717) is 0 Å². The molecule has 0 aromatic rings. The van der Waals surface area contributed by atoms with Crippen molar-refractivity contribution in [3.63, 3.8) is 0 Å². The predicted octanol–water partition coefficient (Wildman–Crippen LogP) is 1.81. The van der Waals surface area contributed by atoms with Gasteiger partial charge in [0, 0.05) is 5.97 Å². The first-order valence-electron chi connectivity index (χ1n) is 6.27. The van der Waals surface area contributed by atoms with E-state index in [4.69, 9.17) is 9.90 Å². The van der Waals surface area contributed by atoms with Crippen LogP contribution in [0.4, 0.5) is 0 Å². The molecule has 0 saturated heterocycles. The average Bonchev–Trinajstić information content (AvgIpc) is 2.08. The van der Waals surface area contributed by atoms with Crippen molar-refractivity contribution in [2.75, 3.05) is 27.7 Å². The summed E-state index contributed by atoms with van der Waals surface area (Å²) in [4.78, 5) is 8.89. The van der Waals surface area contributed by atoms with Crippen molar-refractivity contribution in [3.05, 3.63) is 0 Å². The van der Waals surface area contributed by atoms with Gasteiger partial charge in [0.2, 0.25) is 0 Å². The van der Waals surface area contributed by atoms with Crippen LogP contribution in [0, 0.1) is 0 Å². The number of hydrogen-bond acceptors (Lipinski definition) is 2. The van der Waals surface area contributed by atoms with Gasteiger partial charge in [0.05, 0.1) is 27.7 Å². The maximum Gasteiger partial charge on any atom is 0.0780 e. The first-order chi connectivity index (χ1) is 7.29. The Hall–Kier alpha value is -0.570. The van der Waals surface area contributed by atoms with Gasteiger partial charge in [-0.1, -0.05) is 32.6 Å². The highest BCUT2D eigenvalue weighted by atomic mass is 16.4. The van der Waals surface area contributed by atoms with Gasteiger partial charge in [-0.05, 0) is 19.8 Å². The second-order valence-corrected chi connectivity index (χ2v) is 5.27. The summed E-state index contributed by atoms with van der Waals surface area (Å²) in [7, 11) is 6.81. The molecule has 0 radical (unpaired) electrons. The van der Waals surface area contributed by atoms with Crippen molar-refractivity contribution in [1.82, 2.24) is 0 Å². The van der Waals surface area contributed by atoms with Crippen molar-refractivity contribution >= 4 is 5.97 Å². The molecule has 0 amide bonds. The molecule has 3 nitrogen and oxygen atoms in total. The van der Waals surface area contributed by atoms with Gasteiger partial charge in [0.15, 0.2) is 0 Å². The summed E-state index contributed by atoms with van der Waals surface area (Å²) >= 11 is 0. The zero-order chi connectivity index (χ0) is 13.0. The molecule has 0 aromatic carbocycles. The standard InChI is InChI=1S/C11H26N.C2H4O2/c1-5-6-7-8-9-10-11-12(2,3)4;1-2(3)4/h5-11H2,1-4H3;1H3,(H,3,4)/q+1;/p-1. The number of aliphatic carboxylic acids is 1. The summed E-state index contributed by atoms with van der Waals surface area (Å²) in [6.07, 6.45) is 8.48. The predicted molar refractivity (Wildman–Crippen MR) is 67.0 cm³/mol. The van der Waals surface area contributed by atoms with E-state index in [1.165, 1.54) is 45.1 Å². The molecule has 3 heteroatoms. The molecule has 0 heterocycles. The molecular weight excluding hydrogens is 202 g/mol. The Bertz CT molecular complexity index is 158. The third kappa shape index (κ3) is 29.2. The van der Waals surface area contributed by atoms with Crippen LogP contribution in [0.2, 0.25) is 0 Å². The Morgan fingerprint density at radius 3 is 1.75 bits per heavy atom. The number of carboxylic acid groups (broad SMARTS) is 1. The maximum absolute atomic E-state index is 8.89. The maximum atomic E-state index is 8.89. The molecule has 16 heavy (non-hydrogen) atoms. The summed E-state index contributed by atoms with van der Waals surface area (Å²) in [6, 6.07) is 0.